The van der Waals surface area contributed by atoms with E-state index in [9.17, 15) is 0 Å². The first-order chi connectivity index (χ1) is 8.38. The predicted molar refractivity (Wildman–Crippen MR) is 69.2 cm³/mol. The molecule has 3 heteroatoms. The number of para-hydroxylation sites is 2. The van der Waals surface area contributed by atoms with Gasteiger partial charge in [-0.1, -0.05) is 30.3 Å². The molecule has 0 N–H and O–H groups in total. The molecule has 2 radical (unpaired) electrons. The van der Waals surface area contributed by atoms with Crippen molar-refractivity contribution >= 4 is 19.4 Å². The number of nitrogens with zero attached hydrogens (tertiary/aromatic N) is 1. The second kappa shape index (κ2) is 4.09. The molecule has 0 fully saturated rings. The van der Waals surface area contributed by atoms with Gasteiger partial charge in [0.15, 0.2) is 0 Å². The molecule has 0 spiro atoms. The lowest BCUT2D eigenvalue weighted by atomic mass is 10.0. The normalized spacial score (nSPS) is 13.1. The van der Waals surface area contributed by atoms with E-state index in [4.69, 9.17) is 12.7 Å². The zero-order valence-corrected chi connectivity index (χ0v) is 9.26. The van der Waals surface area contributed by atoms with E-state index in [1.165, 1.54) is 5.56 Å². The summed E-state index contributed by atoms with van der Waals surface area (Å²) in [6.45, 7) is 0. The van der Waals surface area contributed by atoms with Crippen molar-refractivity contribution in [1.82, 2.24) is 0 Å². The third-order valence-electron chi connectivity index (χ3n) is 2.93. The highest BCUT2D eigenvalue weighted by Gasteiger charge is 2.17. The molecule has 1 aliphatic heterocycles. The Hall–Kier alpha value is -2.03. The van der Waals surface area contributed by atoms with Crippen molar-refractivity contribution in [3.63, 3.8) is 0 Å². The summed E-state index contributed by atoms with van der Waals surface area (Å²) in [5, 5.41) is 0. The smallest absolute Gasteiger partial charge is 0.374 e. The summed E-state index contributed by atoms with van der Waals surface area (Å²) in [7, 11) is 5.27. The van der Waals surface area contributed by atoms with Gasteiger partial charge in [-0.05, 0) is 23.8 Å². The summed E-state index contributed by atoms with van der Waals surface area (Å²) >= 11 is 0. The van der Waals surface area contributed by atoms with E-state index in [0.717, 1.165) is 23.4 Å². The molecule has 1 aliphatic rings. The molecule has 0 saturated heterocycles. The Balaban J connectivity index is 2.04. The molecule has 0 saturated carbocycles. The molecule has 3 rings (SSSR count). The highest BCUT2D eigenvalue weighted by Crippen LogP contribution is 2.31. The summed E-state index contributed by atoms with van der Waals surface area (Å²) in [6.07, 6.45) is 0.830. The molecule has 0 aliphatic carbocycles. The quantitative estimate of drug-likeness (QED) is 0.711. The average molecular weight is 219 g/mol. The highest BCUT2D eigenvalue weighted by molar-refractivity contribution is 6.09. The van der Waals surface area contributed by atoms with Gasteiger partial charge in [-0.25, -0.2) is 0 Å². The lowest BCUT2D eigenvalue weighted by Gasteiger charge is -2.07. The van der Waals surface area contributed by atoms with E-state index in [2.05, 4.69) is 11.1 Å². The Morgan fingerprint density at radius 3 is 2.59 bits per heavy atom. The van der Waals surface area contributed by atoms with Crippen LogP contribution in [0.1, 0.15) is 11.1 Å². The zero-order chi connectivity index (χ0) is 11.7. The minimum Gasteiger partial charge on any atom is -0.567 e. The lowest BCUT2D eigenvalue weighted by molar-refractivity contribution is 0.614. The maximum Gasteiger partial charge on any atom is 0.374 e. The van der Waals surface area contributed by atoms with Crippen LogP contribution in [0.5, 0.6) is 5.75 Å². The summed E-state index contributed by atoms with van der Waals surface area (Å²) in [6, 6.07) is 15.8. The van der Waals surface area contributed by atoms with Crippen LogP contribution in [0.2, 0.25) is 0 Å². The van der Waals surface area contributed by atoms with Gasteiger partial charge in [0.1, 0.15) is 5.75 Å². The Labute approximate surface area is 101 Å². The number of aliphatic imine (C=N–C) groups is 1. The van der Waals surface area contributed by atoms with Gasteiger partial charge in [0, 0.05) is 12.0 Å². The fraction of sp³-hybridized carbons (Fsp3) is 0.0714. The van der Waals surface area contributed by atoms with Gasteiger partial charge in [-0.2, -0.15) is 0 Å². The van der Waals surface area contributed by atoms with E-state index in [-0.39, 0.29) is 0 Å². The van der Waals surface area contributed by atoms with E-state index in [1.807, 2.05) is 42.5 Å². The topological polar surface area (TPSA) is 21.6 Å². The van der Waals surface area contributed by atoms with Gasteiger partial charge in [-0.3, -0.25) is 4.99 Å². The first-order valence-electron chi connectivity index (χ1n) is 5.50. The van der Waals surface area contributed by atoms with Crippen molar-refractivity contribution in [3.8, 4) is 5.75 Å². The maximum absolute atomic E-state index is 5.27. The van der Waals surface area contributed by atoms with E-state index < -0.39 is 0 Å². The average Bonchev–Trinajstić information content (AvgIpc) is 2.82. The summed E-state index contributed by atoms with van der Waals surface area (Å²) < 4.78 is 4.88. The van der Waals surface area contributed by atoms with Crippen LogP contribution in [-0.4, -0.2) is 13.8 Å². The van der Waals surface area contributed by atoms with Crippen LogP contribution < -0.4 is 4.65 Å². The van der Waals surface area contributed by atoms with E-state index >= 15 is 0 Å². The SMILES string of the molecule is [B]Oc1ccccc1C1=Nc2ccccc2C1. The first kappa shape index (κ1) is 10.1. The molecular weight excluding hydrogens is 209 g/mol. The molecule has 0 amide bonds. The van der Waals surface area contributed by atoms with Gasteiger partial charge >= 0.3 is 8.05 Å². The molecule has 0 atom stereocenters. The fourth-order valence-corrected chi connectivity index (χ4v) is 2.10. The van der Waals surface area contributed by atoms with Crippen molar-refractivity contribution in [2.45, 2.75) is 6.42 Å². The van der Waals surface area contributed by atoms with Crippen LogP contribution in [0.15, 0.2) is 53.5 Å². The van der Waals surface area contributed by atoms with Crippen LogP contribution in [0.3, 0.4) is 0 Å². The third-order valence-corrected chi connectivity index (χ3v) is 2.93. The van der Waals surface area contributed by atoms with Gasteiger partial charge in [0.2, 0.25) is 0 Å². The second-order valence-electron chi connectivity index (χ2n) is 3.98. The number of hydrogen-bond donors (Lipinski definition) is 0. The molecular formula is C14H10BNO. The minimum atomic E-state index is 0.666. The molecule has 0 bridgehead atoms. The fourth-order valence-electron chi connectivity index (χ4n) is 2.10. The molecule has 0 aromatic heterocycles. The van der Waals surface area contributed by atoms with E-state index in [1.54, 1.807) is 0 Å². The third kappa shape index (κ3) is 1.74. The molecule has 0 unspecified atom stereocenters. The predicted octanol–water partition coefficient (Wildman–Crippen LogP) is 2.83. The molecule has 17 heavy (non-hydrogen) atoms. The van der Waals surface area contributed by atoms with Crippen LogP contribution in [0.25, 0.3) is 0 Å². The van der Waals surface area contributed by atoms with Crippen LogP contribution >= 0.6 is 0 Å². The number of benzene rings is 2. The Bertz CT molecular complexity index is 592. The largest absolute Gasteiger partial charge is 0.567 e. The maximum atomic E-state index is 5.27. The van der Waals surface area contributed by atoms with Gasteiger partial charge in [0.05, 0.1) is 11.4 Å². The highest BCUT2D eigenvalue weighted by atomic mass is 16.4. The summed E-state index contributed by atoms with van der Waals surface area (Å²) in [5.74, 6) is 0.666. The summed E-state index contributed by atoms with van der Waals surface area (Å²) in [4.78, 5) is 4.61. The van der Waals surface area contributed by atoms with Crippen molar-refractivity contribution in [3.05, 3.63) is 59.7 Å². The van der Waals surface area contributed by atoms with Gasteiger partial charge < -0.3 is 4.65 Å². The monoisotopic (exact) mass is 219 g/mol. The standard InChI is InChI=1S/C14H10BNO/c15-17-14-8-4-2-6-11(14)13-9-10-5-1-3-7-12(10)16-13/h1-8H,9H2. The number of hydrogen-bond acceptors (Lipinski definition) is 2. The van der Waals surface area contributed by atoms with Crippen molar-refractivity contribution < 1.29 is 4.65 Å². The molecule has 1 heterocycles. The van der Waals surface area contributed by atoms with Crippen molar-refractivity contribution in [1.29, 1.82) is 0 Å². The van der Waals surface area contributed by atoms with Crippen molar-refractivity contribution in [2.75, 3.05) is 0 Å². The number of rotatable bonds is 2. The van der Waals surface area contributed by atoms with Gasteiger partial charge in [0.25, 0.3) is 0 Å². The number of fused-ring (bicyclic) bond motifs is 1. The summed E-state index contributed by atoms with van der Waals surface area (Å²) in [5.41, 5.74) is 4.25. The van der Waals surface area contributed by atoms with Crippen molar-refractivity contribution in [2.24, 2.45) is 4.99 Å². The van der Waals surface area contributed by atoms with Crippen LogP contribution in [0, 0.1) is 0 Å². The van der Waals surface area contributed by atoms with E-state index in [0.29, 0.717) is 5.75 Å². The minimum absolute atomic E-state index is 0.666. The Morgan fingerprint density at radius 1 is 1.00 bits per heavy atom. The molecule has 2 aromatic carbocycles. The Morgan fingerprint density at radius 2 is 1.76 bits per heavy atom. The molecule has 80 valence electrons. The van der Waals surface area contributed by atoms with Crippen LogP contribution in [0.4, 0.5) is 5.69 Å². The zero-order valence-electron chi connectivity index (χ0n) is 9.26. The Kier molecular flexibility index (Phi) is 2.44. The lowest BCUT2D eigenvalue weighted by Crippen LogP contribution is -2.03. The first-order valence-corrected chi connectivity index (χ1v) is 5.50. The molecule has 2 aromatic rings. The van der Waals surface area contributed by atoms with Crippen LogP contribution in [-0.2, 0) is 6.42 Å². The second-order valence-corrected chi connectivity index (χ2v) is 3.98. The molecule has 2 nitrogen and oxygen atoms in total. The van der Waals surface area contributed by atoms with Gasteiger partial charge in [-0.15, -0.1) is 0 Å².